The number of hydrogen-bond acceptors (Lipinski definition) is 1. The normalized spacial score (nSPS) is 24.6. The minimum Gasteiger partial charge on any atom is -0.295 e. The lowest BCUT2D eigenvalue weighted by Crippen LogP contribution is -2.25. The Morgan fingerprint density at radius 3 is 2.32 bits per heavy atom. The maximum atomic E-state index is 11.8. The van der Waals surface area contributed by atoms with Gasteiger partial charge < -0.3 is 0 Å². The lowest BCUT2D eigenvalue weighted by atomic mass is 9.74. The van der Waals surface area contributed by atoms with Crippen LogP contribution in [0.4, 0.5) is 0 Å². The largest absolute Gasteiger partial charge is 0.295 e. The van der Waals surface area contributed by atoms with Crippen molar-refractivity contribution in [3.8, 4) is 0 Å². The molecular weight excluding hydrogens is 232 g/mol. The maximum absolute atomic E-state index is 11.8. The molecule has 1 nitrogen and oxygen atoms in total. The highest BCUT2D eigenvalue weighted by Crippen LogP contribution is 2.53. The molecule has 0 N–H and O–H groups in total. The first-order valence-corrected chi connectivity index (χ1v) is 7.33. The summed E-state index contributed by atoms with van der Waals surface area (Å²) in [6.45, 7) is 15.3. The van der Waals surface area contributed by atoms with E-state index in [4.69, 9.17) is 0 Å². The number of rotatable bonds is 2. The summed E-state index contributed by atoms with van der Waals surface area (Å²) in [5.74, 6) is 1.96. The summed E-state index contributed by atoms with van der Waals surface area (Å²) in [6, 6.07) is 4.42. The number of benzene rings is 1. The summed E-state index contributed by atoms with van der Waals surface area (Å²) in [6.07, 6.45) is 0. The molecule has 0 spiro atoms. The Bertz CT molecular complexity index is 523. The molecule has 1 heteroatoms. The summed E-state index contributed by atoms with van der Waals surface area (Å²) < 4.78 is 0. The highest BCUT2D eigenvalue weighted by Gasteiger charge is 2.44. The number of Topliss-reactive ketones (excluding diaryl/α,β-unsaturated/α-hetero) is 1. The van der Waals surface area contributed by atoms with E-state index in [1.165, 1.54) is 11.1 Å². The van der Waals surface area contributed by atoms with Gasteiger partial charge in [0.15, 0.2) is 5.78 Å². The van der Waals surface area contributed by atoms with Gasteiger partial charge in [-0.25, -0.2) is 0 Å². The van der Waals surface area contributed by atoms with Crippen molar-refractivity contribution in [3.63, 3.8) is 0 Å². The predicted molar refractivity (Wildman–Crippen MR) is 81.0 cm³/mol. The van der Waals surface area contributed by atoms with Gasteiger partial charge in [-0.1, -0.05) is 40.7 Å². The number of aryl methyl sites for hydroxylation is 1. The quantitative estimate of drug-likeness (QED) is 0.692. The fourth-order valence-corrected chi connectivity index (χ4v) is 3.84. The summed E-state index contributed by atoms with van der Waals surface area (Å²) in [7, 11) is 0. The van der Waals surface area contributed by atoms with E-state index in [2.05, 4.69) is 53.7 Å². The molecule has 0 amide bonds. The average Bonchev–Trinajstić information content (AvgIpc) is 2.47. The Kier molecular flexibility index (Phi) is 3.36. The second-order valence-corrected chi connectivity index (χ2v) is 7.09. The van der Waals surface area contributed by atoms with Crippen LogP contribution in [0.15, 0.2) is 12.1 Å². The van der Waals surface area contributed by atoms with Gasteiger partial charge in [0, 0.05) is 5.56 Å². The van der Waals surface area contributed by atoms with Crippen molar-refractivity contribution in [2.45, 2.75) is 59.8 Å². The highest BCUT2D eigenvalue weighted by atomic mass is 16.1. The Hall–Kier alpha value is -1.11. The number of ketones is 1. The van der Waals surface area contributed by atoms with Crippen molar-refractivity contribution in [2.75, 3.05) is 0 Å². The Balaban J connectivity index is 2.69. The molecule has 104 valence electrons. The summed E-state index contributed by atoms with van der Waals surface area (Å²) in [5.41, 5.74) is 5.07. The molecule has 0 bridgehead atoms. The van der Waals surface area contributed by atoms with Crippen LogP contribution in [0.3, 0.4) is 0 Å². The van der Waals surface area contributed by atoms with Gasteiger partial charge in [0.25, 0.3) is 0 Å². The smallest absolute Gasteiger partial charge is 0.160 e. The van der Waals surface area contributed by atoms with E-state index in [1.54, 1.807) is 6.92 Å². The fourth-order valence-electron chi connectivity index (χ4n) is 3.84. The van der Waals surface area contributed by atoms with E-state index in [0.717, 1.165) is 11.1 Å². The monoisotopic (exact) mass is 258 g/mol. The molecule has 2 atom stereocenters. The third kappa shape index (κ3) is 2.04. The van der Waals surface area contributed by atoms with Gasteiger partial charge >= 0.3 is 0 Å². The maximum Gasteiger partial charge on any atom is 0.160 e. The zero-order chi connectivity index (χ0) is 14.5. The minimum absolute atomic E-state index is 0.181. The van der Waals surface area contributed by atoms with E-state index >= 15 is 0 Å². The molecule has 0 unspecified atom stereocenters. The molecule has 0 saturated carbocycles. The van der Waals surface area contributed by atoms with Crippen LogP contribution in [-0.4, -0.2) is 5.78 Å². The third-order valence-electron chi connectivity index (χ3n) is 5.22. The zero-order valence-corrected chi connectivity index (χ0v) is 13.3. The number of carbonyl (C=O) groups is 1. The Morgan fingerprint density at radius 2 is 1.84 bits per heavy atom. The lowest BCUT2D eigenvalue weighted by Gasteiger charge is -2.30. The third-order valence-corrected chi connectivity index (χ3v) is 5.22. The molecule has 0 fully saturated rings. The van der Waals surface area contributed by atoms with Crippen LogP contribution in [0.5, 0.6) is 0 Å². The van der Waals surface area contributed by atoms with Crippen LogP contribution < -0.4 is 0 Å². The molecule has 0 saturated heterocycles. The van der Waals surface area contributed by atoms with E-state index in [-0.39, 0.29) is 11.2 Å². The first-order valence-electron chi connectivity index (χ1n) is 7.33. The van der Waals surface area contributed by atoms with Crippen molar-refractivity contribution >= 4 is 5.78 Å². The van der Waals surface area contributed by atoms with Crippen molar-refractivity contribution in [2.24, 2.45) is 11.8 Å². The molecule has 0 radical (unpaired) electrons. The SMILES string of the molecule is CC(=O)c1cc2c(cc1C)C(C)(C)[C@@H](C)[C@H]2C(C)C. The molecule has 1 aromatic rings. The molecule has 1 aliphatic carbocycles. The molecule has 0 heterocycles. The Labute approximate surface area is 117 Å². The van der Waals surface area contributed by atoms with Crippen LogP contribution in [0.25, 0.3) is 0 Å². The topological polar surface area (TPSA) is 17.1 Å². The van der Waals surface area contributed by atoms with Gasteiger partial charge in [0.1, 0.15) is 0 Å². The fraction of sp³-hybridized carbons (Fsp3) is 0.611. The van der Waals surface area contributed by atoms with E-state index in [1.807, 2.05) is 0 Å². The molecule has 0 aromatic heterocycles. The van der Waals surface area contributed by atoms with Gasteiger partial charge in [0.05, 0.1) is 0 Å². The summed E-state index contributed by atoms with van der Waals surface area (Å²) >= 11 is 0. The molecule has 1 aliphatic rings. The number of fused-ring (bicyclic) bond motifs is 1. The summed E-state index contributed by atoms with van der Waals surface area (Å²) in [4.78, 5) is 11.8. The van der Waals surface area contributed by atoms with Gasteiger partial charge in [0.2, 0.25) is 0 Å². The van der Waals surface area contributed by atoms with E-state index < -0.39 is 0 Å². The predicted octanol–water partition coefficient (Wildman–Crippen LogP) is 4.86. The molecule has 0 aliphatic heterocycles. The van der Waals surface area contributed by atoms with Crippen LogP contribution in [0, 0.1) is 18.8 Å². The van der Waals surface area contributed by atoms with Gasteiger partial charge in [-0.15, -0.1) is 0 Å². The van der Waals surface area contributed by atoms with Crippen molar-refractivity contribution in [1.82, 2.24) is 0 Å². The second-order valence-electron chi connectivity index (χ2n) is 7.09. The average molecular weight is 258 g/mol. The zero-order valence-electron chi connectivity index (χ0n) is 13.3. The molecule has 19 heavy (non-hydrogen) atoms. The molecule has 1 aromatic carbocycles. The van der Waals surface area contributed by atoms with Crippen molar-refractivity contribution in [1.29, 1.82) is 0 Å². The lowest BCUT2D eigenvalue weighted by molar-refractivity contribution is 0.101. The highest BCUT2D eigenvalue weighted by molar-refractivity contribution is 5.96. The van der Waals surface area contributed by atoms with Crippen LogP contribution >= 0.6 is 0 Å². The van der Waals surface area contributed by atoms with Crippen LogP contribution in [-0.2, 0) is 5.41 Å². The van der Waals surface area contributed by atoms with Gasteiger partial charge in [-0.05, 0) is 59.8 Å². The number of hydrogen-bond donors (Lipinski definition) is 0. The molecule has 2 rings (SSSR count). The van der Waals surface area contributed by atoms with E-state index in [0.29, 0.717) is 17.8 Å². The van der Waals surface area contributed by atoms with Crippen LogP contribution in [0.1, 0.15) is 74.5 Å². The minimum atomic E-state index is 0.181. The van der Waals surface area contributed by atoms with Gasteiger partial charge in [-0.3, -0.25) is 4.79 Å². The number of carbonyl (C=O) groups excluding carboxylic acids is 1. The standard InChI is InChI=1S/C18H26O/c1-10(2)17-12(4)18(6,7)16-8-11(3)14(13(5)19)9-15(16)17/h8-10,12,17H,1-7H3/t12-,17+/m0/s1. The molecular formula is C18H26O. The van der Waals surface area contributed by atoms with Crippen molar-refractivity contribution < 1.29 is 4.79 Å². The summed E-state index contributed by atoms with van der Waals surface area (Å²) in [5, 5.41) is 0. The van der Waals surface area contributed by atoms with Gasteiger partial charge in [-0.2, -0.15) is 0 Å². The van der Waals surface area contributed by atoms with E-state index in [9.17, 15) is 4.79 Å². The first-order chi connectivity index (χ1) is 8.67. The van der Waals surface area contributed by atoms with Crippen LogP contribution in [0.2, 0.25) is 0 Å². The first kappa shape index (κ1) is 14.3. The Morgan fingerprint density at radius 1 is 1.26 bits per heavy atom. The van der Waals surface area contributed by atoms with Crippen molar-refractivity contribution in [3.05, 3.63) is 34.4 Å². The second kappa shape index (κ2) is 4.47.